The van der Waals surface area contributed by atoms with Crippen molar-refractivity contribution in [1.29, 1.82) is 0 Å². The zero-order valence-electron chi connectivity index (χ0n) is 16.9. The van der Waals surface area contributed by atoms with Gasteiger partial charge >= 0.3 is 0 Å². The molecule has 156 valence electrons. The molecule has 1 fully saturated rings. The molecule has 1 aliphatic rings. The summed E-state index contributed by atoms with van der Waals surface area (Å²) in [5.41, 5.74) is 4.26. The highest BCUT2D eigenvalue weighted by molar-refractivity contribution is 8.01. The molecule has 0 radical (unpaired) electrons. The Morgan fingerprint density at radius 1 is 1.10 bits per heavy atom. The number of carbonyl (C=O) groups excluding carboxylic acids is 1. The molecule has 2 aromatic carbocycles. The van der Waals surface area contributed by atoms with E-state index in [1.54, 1.807) is 0 Å². The first-order chi connectivity index (χ1) is 14.7. The second kappa shape index (κ2) is 10.1. The number of nitrogens with one attached hydrogen (secondary N) is 2. The number of anilines is 3. The van der Waals surface area contributed by atoms with Crippen LogP contribution in [0.4, 0.5) is 16.5 Å². The first-order valence-corrected chi connectivity index (χ1v) is 11.9. The quantitative estimate of drug-likeness (QED) is 0.486. The van der Waals surface area contributed by atoms with Gasteiger partial charge < -0.3 is 10.6 Å². The molecular weight excluding hydrogens is 414 g/mol. The van der Waals surface area contributed by atoms with Crippen molar-refractivity contribution in [1.82, 2.24) is 15.1 Å². The lowest BCUT2D eigenvalue weighted by atomic mass is 10.2. The molecule has 2 N–H and O–H groups in total. The summed E-state index contributed by atoms with van der Waals surface area (Å²) >= 11 is 2.84. The van der Waals surface area contributed by atoms with Crippen molar-refractivity contribution >= 4 is 45.5 Å². The molecule has 6 nitrogen and oxygen atoms in total. The number of nitrogens with zero attached hydrogens (tertiary/aromatic N) is 3. The van der Waals surface area contributed by atoms with E-state index in [9.17, 15) is 4.79 Å². The van der Waals surface area contributed by atoms with Gasteiger partial charge in [-0.1, -0.05) is 53.4 Å². The van der Waals surface area contributed by atoms with E-state index in [0.717, 1.165) is 33.0 Å². The molecule has 30 heavy (non-hydrogen) atoms. The minimum Gasteiger partial charge on any atom is -0.330 e. The van der Waals surface area contributed by atoms with Gasteiger partial charge in [0, 0.05) is 17.9 Å². The maximum atomic E-state index is 12.3. The van der Waals surface area contributed by atoms with Crippen molar-refractivity contribution in [3.8, 4) is 0 Å². The molecule has 1 saturated heterocycles. The van der Waals surface area contributed by atoms with Gasteiger partial charge in [-0.3, -0.25) is 9.69 Å². The summed E-state index contributed by atoms with van der Waals surface area (Å²) in [5.74, 6) is 0.255. The maximum absolute atomic E-state index is 12.3. The van der Waals surface area contributed by atoms with E-state index in [1.807, 2.05) is 43.3 Å². The van der Waals surface area contributed by atoms with Gasteiger partial charge in [0.2, 0.25) is 11.0 Å². The Morgan fingerprint density at radius 2 is 1.87 bits per heavy atom. The Balaban J connectivity index is 1.24. The molecular formula is C22H25N5OS2. The van der Waals surface area contributed by atoms with Crippen LogP contribution in [0.5, 0.6) is 0 Å². The van der Waals surface area contributed by atoms with Crippen molar-refractivity contribution < 1.29 is 4.79 Å². The number of likely N-dealkylation sites (tertiary alicyclic amines) is 1. The third-order valence-electron chi connectivity index (χ3n) is 4.96. The number of carbonyl (C=O) groups is 1. The zero-order chi connectivity index (χ0) is 20.8. The normalized spacial score (nSPS) is 14.0. The number of aromatic nitrogens is 2. The number of hydrogen-bond acceptors (Lipinski definition) is 7. The van der Waals surface area contributed by atoms with Crippen molar-refractivity contribution in [3.63, 3.8) is 0 Å². The fraction of sp³-hybridized carbons (Fsp3) is 0.318. The molecule has 2 heterocycles. The van der Waals surface area contributed by atoms with E-state index in [1.165, 1.54) is 54.6 Å². The van der Waals surface area contributed by atoms with Crippen LogP contribution >= 0.6 is 23.1 Å². The summed E-state index contributed by atoms with van der Waals surface area (Å²) in [6.07, 6.45) is 2.59. The van der Waals surface area contributed by atoms with Crippen LogP contribution in [0.1, 0.15) is 24.0 Å². The van der Waals surface area contributed by atoms with Crippen LogP contribution in [0.15, 0.2) is 52.9 Å². The van der Waals surface area contributed by atoms with Crippen LogP contribution in [0.3, 0.4) is 0 Å². The highest BCUT2D eigenvalue weighted by atomic mass is 32.2. The summed E-state index contributed by atoms with van der Waals surface area (Å²) < 4.78 is 0.766. The Hall–Kier alpha value is -2.42. The van der Waals surface area contributed by atoms with Crippen molar-refractivity contribution in [3.05, 3.63) is 59.7 Å². The molecule has 3 aromatic rings. The lowest BCUT2D eigenvalue weighted by molar-refractivity contribution is -0.113. The van der Waals surface area contributed by atoms with Crippen LogP contribution in [0, 0.1) is 6.92 Å². The molecule has 0 bridgehead atoms. The lowest BCUT2D eigenvalue weighted by Gasteiger charge is -2.14. The van der Waals surface area contributed by atoms with E-state index in [4.69, 9.17) is 0 Å². The smallest absolute Gasteiger partial charge is 0.234 e. The predicted octanol–water partition coefficient (Wildman–Crippen LogP) is 4.92. The third-order valence-corrected chi connectivity index (χ3v) is 6.93. The first kappa shape index (κ1) is 20.8. The number of amides is 1. The monoisotopic (exact) mass is 439 g/mol. The lowest BCUT2D eigenvalue weighted by Crippen LogP contribution is -2.18. The van der Waals surface area contributed by atoms with E-state index in [0.29, 0.717) is 5.75 Å². The molecule has 1 aliphatic heterocycles. The molecule has 1 amide bonds. The van der Waals surface area contributed by atoms with Crippen LogP contribution in [0.25, 0.3) is 0 Å². The number of aryl methyl sites for hydroxylation is 1. The van der Waals surface area contributed by atoms with E-state index in [-0.39, 0.29) is 5.91 Å². The molecule has 0 unspecified atom stereocenters. The van der Waals surface area contributed by atoms with Crippen LogP contribution in [-0.4, -0.2) is 39.8 Å². The van der Waals surface area contributed by atoms with Crippen LogP contribution in [-0.2, 0) is 11.3 Å². The Morgan fingerprint density at radius 3 is 2.63 bits per heavy atom. The Labute approximate surface area is 185 Å². The molecule has 0 spiro atoms. The standard InChI is InChI=1S/C22H25N5OS2/c1-16-6-2-3-7-19(16)24-21-25-26-22(30-21)29-15-20(28)23-18-10-8-17(9-11-18)14-27-12-4-5-13-27/h2-3,6-11H,4-5,12-15H2,1H3,(H,23,28)(H,24,25). The van der Waals surface area contributed by atoms with Gasteiger partial charge in [-0.15, -0.1) is 10.2 Å². The summed E-state index contributed by atoms with van der Waals surface area (Å²) in [6.45, 7) is 5.40. The number of benzene rings is 2. The van der Waals surface area contributed by atoms with E-state index >= 15 is 0 Å². The number of rotatable bonds is 8. The summed E-state index contributed by atoms with van der Waals surface area (Å²) in [6, 6.07) is 16.2. The van der Waals surface area contributed by atoms with Gasteiger partial charge in [-0.2, -0.15) is 0 Å². The fourth-order valence-electron chi connectivity index (χ4n) is 3.36. The minimum atomic E-state index is -0.0455. The van der Waals surface area contributed by atoms with Gasteiger partial charge in [-0.25, -0.2) is 0 Å². The highest BCUT2D eigenvalue weighted by Gasteiger charge is 2.12. The minimum absolute atomic E-state index is 0.0455. The number of hydrogen-bond donors (Lipinski definition) is 2. The van der Waals surface area contributed by atoms with Crippen LogP contribution in [0.2, 0.25) is 0 Å². The average molecular weight is 440 g/mol. The van der Waals surface area contributed by atoms with E-state index < -0.39 is 0 Å². The van der Waals surface area contributed by atoms with Gasteiger partial charge in [0.1, 0.15) is 0 Å². The maximum Gasteiger partial charge on any atom is 0.234 e. The zero-order valence-corrected chi connectivity index (χ0v) is 18.6. The highest BCUT2D eigenvalue weighted by Crippen LogP contribution is 2.28. The summed E-state index contributed by atoms with van der Waals surface area (Å²) in [7, 11) is 0. The van der Waals surface area contributed by atoms with Gasteiger partial charge in [0.15, 0.2) is 4.34 Å². The Kier molecular flexibility index (Phi) is 6.99. The summed E-state index contributed by atoms with van der Waals surface area (Å²) in [4.78, 5) is 14.8. The fourth-order valence-corrected chi connectivity index (χ4v) is 4.93. The third kappa shape index (κ3) is 5.81. The average Bonchev–Trinajstić information content (AvgIpc) is 3.42. The van der Waals surface area contributed by atoms with Gasteiger partial charge in [0.05, 0.1) is 5.75 Å². The first-order valence-electron chi connectivity index (χ1n) is 10.1. The predicted molar refractivity (Wildman–Crippen MR) is 125 cm³/mol. The number of para-hydroxylation sites is 1. The van der Waals surface area contributed by atoms with Crippen LogP contribution < -0.4 is 10.6 Å². The molecule has 1 aromatic heterocycles. The molecule has 8 heteroatoms. The molecule has 4 rings (SSSR count). The molecule has 0 atom stereocenters. The van der Waals surface area contributed by atoms with Crippen molar-refractivity contribution in [2.75, 3.05) is 29.5 Å². The second-order valence-electron chi connectivity index (χ2n) is 7.33. The summed E-state index contributed by atoms with van der Waals surface area (Å²) in [5, 5.41) is 15.3. The van der Waals surface area contributed by atoms with Crippen molar-refractivity contribution in [2.45, 2.75) is 30.6 Å². The second-order valence-corrected chi connectivity index (χ2v) is 9.53. The largest absolute Gasteiger partial charge is 0.330 e. The van der Waals surface area contributed by atoms with Gasteiger partial charge in [0.25, 0.3) is 0 Å². The van der Waals surface area contributed by atoms with E-state index in [2.05, 4.69) is 37.9 Å². The van der Waals surface area contributed by atoms with Gasteiger partial charge in [-0.05, 0) is 62.2 Å². The molecule has 0 aliphatic carbocycles. The van der Waals surface area contributed by atoms with Crippen molar-refractivity contribution in [2.24, 2.45) is 0 Å². The Bertz CT molecular complexity index is 983. The number of thioether (sulfide) groups is 1. The molecule has 0 saturated carbocycles. The topological polar surface area (TPSA) is 70.1 Å². The SMILES string of the molecule is Cc1ccccc1Nc1nnc(SCC(=O)Nc2ccc(CN3CCCC3)cc2)s1.